The third-order valence-electron chi connectivity index (χ3n) is 3.77. The van der Waals surface area contributed by atoms with Gasteiger partial charge in [0.05, 0.1) is 23.8 Å². The second kappa shape index (κ2) is 7.59. The van der Waals surface area contributed by atoms with Crippen LogP contribution in [0.2, 0.25) is 5.02 Å². The Balaban J connectivity index is 1.60. The Morgan fingerprint density at radius 1 is 1.29 bits per heavy atom. The van der Waals surface area contributed by atoms with E-state index in [-0.39, 0.29) is 10.6 Å². The van der Waals surface area contributed by atoms with Crippen LogP contribution in [-0.4, -0.2) is 37.2 Å². The van der Waals surface area contributed by atoms with Crippen LogP contribution < -0.4 is 10.2 Å². The summed E-state index contributed by atoms with van der Waals surface area (Å²) < 4.78 is 18.5. The monoisotopic (exact) mass is 349 g/mol. The molecule has 1 aromatic carbocycles. The summed E-state index contributed by atoms with van der Waals surface area (Å²) in [4.78, 5) is 18.7. The number of hydrogen-bond donors (Lipinski definition) is 1. The molecule has 1 fully saturated rings. The van der Waals surface area contributed by atoms with E-state index in [0.29, 0.717) is 19.8 Å². The number of amides is 1. The first kappa shape index (κ1) is 16.7. The Morgan fingerprint density at radius 3 is 2.79 bits per heavy atom. The smallest absolute Gasteiger partial charge is 0.253 e. The maximum absolute atomic E-state index is 13.2. The lowest BCUT2D eigenvalue weighted by Crippen LogP contribution is -2.36. The van der Waals surface area contributed by atoms with Crippen molar-refractivity contribution in [3.8, 4) is 0 Å². The van der Waals surface area contributed by atoms with E-state index in [1.807, 2.05) is 12.1 Å². The number of carbonyl (C=O) groups excluding carboxylic acids is 1. The van der Waals surface area contributed by atoms with Crippen molar-refractivity contribution in [2.75, 3.05) is 31.2 Å². The first-order valence-corrected chi connectivity index (χ1v) is 8.02. The third kappa shape index (κ3) is 4.01. The molecule has 0 spiro atoms. The van der Waals surface area contributed by atoms with Gasteiger partial charge in [0.15, 0.2) is 0 Å². The summed E-state index contributed by atoms with van der Waals surface area (Å²) in [6.07, 6.45) is 1.72. The van der Waals surface area contributed by atoms with Crippen molar-refractivity contribution in [2.45, 2.75) is 6.54 Å². The zero-order valence-electron chi connectivity index (χ0n) is 13.0. The maximum atomic E-state index is 13.2. The molecule has 5 nitrogen and oxygen atoms in total. The standard InChI is InChI=1S/C17H17ClFN3O2/c18-15-3-2-13(19)9-14(15)17(23)21-11-12-1-4-16(20-10-12)22-5-7-24-8-6-22/h1-4,9-10H,5-8,11H2,(H,21,23). The molecule has 1 aromatic heterocycles. The van der Waals surface area contributed by atoms with Gasteiger partial charge in [0, 0.05) is 25.8 Å². The van der Waals surface area contributed by atoms with Gasteiger partial charge in [0.2, 0.25) is 0 Å². The average molecular weight is 350 g/mol. The number of carbonyl (C=O) groups is 1. The second-order valence-electron chi connectivity index (χ2n) is 5.43. The van der Waals surface area contributed by atoms with E-state index in [4.69, 9.17) is 16.3 Å². The first-order chi connectivity index (χ1) is 11.6. The molecule has 0 bridgehead atoms. The van der Waals surface area contributed by atoms with Crippen LogP contribution in [0.5, 0.6) is 0 Å². The van der Waals surface area contributed by atoms with Crippen LogP contribution in [0.3, 0.4) is 0 Å². The summed E-state index contributed by atoms with van der Waals surface area (Å²) in [5.41, 5.74) is 0.974. The van der Waals surface area contributed by atoms with Gasteiger partial charge < -0.3 is 15.0 Å². The summed E-state index contributed by atoms with van der Waals surface area (Å²) in [5, 5.41) is 2.94. The molecule has 0 unspecified atom stereocenters. The molecule has 1 N–H and O–H groups in total. The van der Waals surface area contributed by atoms with E-state index in [9.17, 15) is 9.18 Å². The fraction of sp³-hybridized carbons (Fsp3) is 0.294. The predicted molar refractivity (Wildman–Crippen MR) is 89.8 cm³/mol. The fourth-order valence-electron chi connectivity index (χ4n) is 2.45. The number of pyridine rings is 1. The van der Waals surface area contributed by atoms with E-state index in [1.165, 1.54) is 12.1 Å². The molecular weight excluding hydrogens is 333 g/mol. The van der Waals surface area contributed by atoms with Gasteiger partial charge in [-0.25, -0.2) is 9.37 Å². The van der Waals surface area contributed by atoms with Crippen LogP contribution in [0.15, 0.2) is 36.5 Å². The zero-order valence-corrected chi connectivity index (χ0v) is 13.7. The average Bonchev–Trinajstić information content (AvgIpc) is 2.63. The van der Waals surface area contributed by atoms with E-state index in [2.05, 4.69) is 15.2 Å². The van der Waals surface area contributed by atoms with Crippen LogP contribution in [0, 0.1) is 5.82 Å². The summed E-state index contributed by atoms with van der Waals surface area (Å²) in [5.74, 6) is -0.0283. The van der Waals surface area contributed by atoms with E-state index >= 15 is 0 Å². The van der Waals surface area contributed by atoms with Crippen molar-refractivity contribution in [3.05, 3.63) is 58.5 Å². The number of benzene rings is 1. The molecule has 0 aliphatic carbocycles. The van der Waals surface area contributed by atoms with Crippen molar-refractivity contribution in [1.82, 2.24) is 10.3 Å². The molecule has 1 amide bonds. The van der Waals surface area contributed by atoms with Gasteiger partial charge in [-0.15, -0.1) is 0 Å². The number of rotatable bonds is 4. The van der Waals surface area contributed by atoms with E-state index in [0.717, 1.165) is 30.5 Å². The minimum absolute atomic E-state index is 0.120. The lowest BCUT2D eigenvalue weighted by molar-refractivity contribution is 0.0950. The number of hydrogen-bond acceptors (Lipinski definition) is 4. The molecule has 126 valence electrons. The Labute approximate surface area is 144 Å². The van der Waals surface area contributed by atoms with Gasteiger partial charge in [0.25, 0.3) is 5.91 Å². The van der Waals surface area contributed by atoms with Gasteiger partial charge in [0.1, 0.15) is 11.6 Å². The van der Waals surface area contributed by atoms with Gasteiger partial charge in [-0.2, -0.15) is 0 Å². The zero-order chi connectivity index (χ0) is 16.9. The Hall–Kier alpha value is -2.18. The highest BCUT2D eigenvalue weighted by Crippen LogP contribution is 2.17. The number of nitrogens with one attached hydrogen (secondary N) is 1. The SMILES string of the molecule is O=C(NCc1ccc(N2CCOCC2)nc1)c1cc(F)ccc1Cl. The summed E-state index contributed by atoms with van der Waals surface area (Å²) >= 11 is 5.92. The molecular formula is C17H17ClFN3O2. The molecule has 3 rings (SSSR count). The third-order valence-corrected chi connectivity index (χ3v) is 4.10. The second-order valence-corrected chi connectivity index (χ2v) is 5.84. The summed E-state index contributed by atoms with van der Waals surface area (Å²) in [6.45, 7) is 3.34. The minimum atomic E-state index is -0.499. The van der Waals surface area contributed by atoms with E-state index in [1.54, 1.807) is 6.20 Å². The number of halogens is 2. The van der Waals surface area contributed by atoms with Gasteiger partial charge >= 0.3 is 0 Å². The van der Waals surface area contributed by atoms with Gasteiger partial charge in [-0.3, -0.25) is 4.79 Å². The molecule has 0 atom stereocenters. The predicted octanol–water partition coefficient (Wildman–Crippen LogP) is 2.64. The van der Waals surface area contributed by atoms with Crippen LogP contribution in [0.1, 0.15) is 15.9 Å². The van der Waals surface area contributed by atoms with Gasteiger partial charge in [-0.05, 0) is 29.8 Å². The minimum Gasteiger partial charge on any atom is -0.378 e. The van der Waals surface area contributed by atoms with Crippen LogP contribution in [0.4, 0.5) is 10.2 Å². The number of ether oxygens (including phenoxy) is 1. The number of nitrogens with zero attached hydrogens (tertiary/aromatic N) is 2. The fourth-order valence-corrected chi connectivity index (χ4v) is 2.65. The van der Waals surface area contributed by atoms with Crippen molar-refractivity contribution in [2.24, 2.45) is 0 Å². The highest BCUT2D eigenvalue weighted by Gasteiger charge is 2.13. The van der Waals surface area contributed by atoms with Crippen molar-refractivity contribution < 1.29 is 13.9 Å². The molecule has 0 saturated carbocycles. The quantitative estimate of drug-likeness (QED) is 0.922. The molecule has 0 radical (unpaired) electrons. The Morgan fingerprint density at radius 2 is 2.08 bits per heavy atom. The topological polar surface area (TPSA) is 54.5 Å². The summed E-state index contributed by atoms with van der Waals surface area (Å²) in [7, 11) is 0. The lowest BCUT2D eigenvalue weighted by atomic mass is 10.2. The molecule has 1 aliphatic heterocycles. The van der Waals surface area contributed by atoms with Crippen LogP contribution in [-0.2, 0) is 11.3 Å². The number of morpholine rings is 1. The Kier molecular flexibility index (Phi) is 5.27. The first-order valence-electron chi connectivity index (χ1n) is 7.64. The van der Waals surface area contributed by atoms with Gasteiger partial charge in [-0.1, -0.05) is 17.7 Å². The summed E-state index contributed by atoms with van der Waals surface area (Å²) in [6, 6.07) is 7.53. The molecule has 7 heteroatoms. The number of anilines is 1. The molecule has 2 heterocycles. The van der Waals surface area contributed by atoms with Crippen molar-refractivity contribution >= 4 is 23.3 Å². The normalized spacial score (nSPS) is 14.5. The Bertz CT molecular complexity index is 718. The number of aromatic nitrogens is 1. The van der Waals surface area contributed by atoms with Crippen LogP contribution in [0.25, 0.3) is 0 Å². The molecule has 1 saturated heterocycles. The largest absolute Gasteiger partial charge is 0.378 e. The lowest BCUT2D eigenvalue weighted by Gasteiger charge is -2.27. The van der Waals surface area contributed by atoms with E-state index < -0.39 is 11.7 Å². The van der Waals surface area contributed by atoms with Crippen molar-refractivity contribution in [1.29, 1.82) is 0 Å². The highest BCUT2D eigenvalue weighted by atomic mass is 35.5. The molecule has 24 heavy (non-hydrogen) atoms. The highest BCUT2D eigenvalue weighted by molar-refractivity contribution is 6.33. The van der Waals surface area contributed by atoms with Crippen LogP contribution >= 0.6 is 11.6 Å². The molecule has 1 aliphatic rings. The maximum Gasteiger partial charge on any atom is 0.253 e. The van der Waals surface area contributed by atoms with Crippen molar-refractivity contribution in [3.63, 3.8) is 0 Å². The molecule has 2 aromatic rings.